The zero-order valence-electron chi connectivity index (χ0n) is 19.3. The predicted octanol–water partition coefficient (Wildman–Crippen LogP) is 0.566. The first kappa shape index (κ1) is 23.9. The van der Waals surface area contributed by atoms with E-state index in [1.807, 2.05) is 12.3 Å². The number of carbonyl (C=O) groups is 2. The maximum Gasteiger partial charge on any atom is 0.250 e. The zero-order valence-corrected chi connectivity index (χ0v) is 19.3. The molecule has 2 saturated carbocycles. The maximum absolute atomic E-state index is 13.2. The summed E-state index contributed by atoms with van der Waals surface area (Å²) < 4.78 is 26.4. The third-order valence-corrected chi connectivity index (χ3v) is 7.79. The van der Waals surface area contributed by atoms with Crippen molar-refractivity contribution >= 4 is 28.7 Å². The number of H-pyrrole nitrogens is 1. The van der Waals surface area contributed by atoms with Crippen LogP contribution >= 0.6 is 0 Å². The molecule has 1 aliphatic heterocycles. The summed E-state index contributed by atoms with van der Waals surface area (Å²) in [6.07, 6.45) is 3.29. The number of aromatic nitrogens is 3. The highest BCUT2D eigenvalue weighted by molar-refractivity contribution is 5.88. The van der Waals surface area contributed by atoms with Crippen molar-refractivity contribution < 1.29 is 28.6 Å². The Morgan fingerprint density at radius 3 is 2.71 bits per heavy atom. The van der Waals surface area contributed by atoms with Gasteiger partial charge in [-0.1, -0.05) is 0 Å². The Kier molecular flexibility index (Phi) is 5.91. The van der Waals surface area contributed by atoms with Gasteiger partial charge in [-0.2, -0.15) is 0 Å². The smallest absolute Gasteiger partial charge is 0.250 e. The molecule has 12 heteroatoms. The minimum absolute atomic E-state index is 0.151. The average Bonchev–Trinajstić information content (AvgIpc) is 3.39. The molecule has 0 bridgehead atoms. The summed E-state index contributed by atoms with van der Waals surface area (Å²) in [4.78, 5) is 39.2. The van der Waals surface area contributed by atoms with Crippen LogP contribution in [0.25, 0.3) is 11.0 Å². The van der Waals surface area contributed by atoms with Crippen LogP contribution in [0, 0.1) is 16.7 Å². The van der Waals surface area contributed by atoms with Gasteiger partial charge in [0.2, 0.25) is 11.8 Å². The van der Waals surface area contributed by atoms with Gasteiger partial charge in [-0.15, -0.1) is 0 Å². The van der Waals surface area contributed by atoms with Crippen LogP contribution in [0.2, 0.25) is 0 Å². The molecule has 0 aromatic carbocycles. The first-order chi connectivity index (χ1) is 16.7. The molecule has 5 N–H and O–H groups in total. The standard InChI is InChI=1S/C23H30F2N6O4/c24-23(25)8-21(9-23,12-32)10-28-20(35)16(33)7-27-19(34)15-2-6-31(11-22(15)3-4-22)18-14-1-5-26-17(14)29-13-30-18/h1,5,13,15-16,32-33H,2-4,6-12H2,(H,27,34)(H,28,35)(H,26,29,30)/t15-,16-/m1/s1. The van der Waals surface area contributed by atoms with E-state index in [1.54, 1.807) is 0 Å². The number of halogens is 2. The number of aromatic amines is 1. The van der Waals surface area contributed by atoms with Crippen LogP contribution in [0.15, 0.2) is 18.6 Å². The zero-order chi connectivity index (χ0) is 24.8. The maximum atomic E-state index is 13.2. The molecule has 3 heterocycles. The molecule has 35 heavy (non-hydrogen) atoms. The molecule has 1 saturated heterocycles. The van der Waals surface area contributed by atoms with Gasteiger partial charge in [-0.05, 0) is 30.7 Å². The lowest BCUT2D eigenvalue weighted by Gasteiger charge is -2.46. The van der Waals surface area contributed by atoms with Crippen LogP contribution in [0.5, 0.6) is 0 Å². The van der Waals surface area contributed by atoms with Crippen LogP contribution in [-0.4, -0.2) is 81.8 Å². The number of carbonyl (C=O) groups excluding carboxylic acids is 2. The van der Waals surface area contributed by atoms with E-state index >= 15 is 0 Å². The number of aliphatic hydroxyl groups is 2. The van der Waals surface area contributed by atoms with Crippen LogP contribution in [-0.2, 0) is 9.59 Å². The van der Waals surface area contributed by atoms with Crippen LogP contribution in [0.3, 0.4) is 0 Å². The fraction of sp³-hybridized carbons (Fsp3) is 0.652. The number of fused-ring (bicyclic) bond motifs is 1. The summed E-state index contributed by atoms with van der Waals surface area (Å²) in [5, 5.41) is 25.7. The van der Waals surface area contributed by atoms with Crippen LogP contribution in [0.1, 0.15) is 32.1 Å². The summed E-state index contributed by atoms with van der Waals surface area (Å²) in [6.45, 7) is 0.454. The van der Waals surface area contributed by atoms with Gasteiger partial charge in [-0.3, -0.25) is 9.59 Å². The third-order valence-electron chi connectivity index (χ3n) is 7.79. The molecule has 190 valence electrons. The Morgan fingerprint density at radius 1 is 1.26 bits per heavy atom. The minimum atomic E-state index is -2.84. The van der Waals surface area contributed by atoms with E-state index in [4.69, 9.17) is 0 Å². The highest BCUT2D eigenvalue weighted by Gasteiger charge is 2.57. The van der Waals surface area contributed by atoms with Gasteiger partial charge in [0.15, 0.2) is 0 Å². The fourth-order valence-electron chi connectivity index (χ4n) is 5.67. The molecule has 2 amide bonds. The van der Waals surface area contributed by atoms with E-state index < -0.39 is 42.8 Å². The summed E-state index contributed by atoms with van der Waals surface area (Å²) in [5.41, 5.74) is -0.459. The average molecular weight is 493 g/mol. The number of anilines is 1. The second-order valence-corrected chi connectivity index (χ2v) is 10.4. The van der Waals surface area contributed by atoms with Crippen LogP contribution < -0.4 is 15.5 Å². The number of hydrogen-bond donors (Lipinski definition) is 5. The lowest BCUT2D eigenvalue weighted by molar-refractivity contribution is -0.175. The number of amides is 2. The molecule has 2 aromatic rings. The van der Waals surface area contributed by atoms with Crippen LogP contribution in [0.4, 0.5) is 14.6 Å². The molecular formula is C23H30F2N6O4. The lowest BCUT2D eigenvalue weighted by Crippen LogP contribution is -2.56. The summed E-state index contributed by atoms with van der Waals surface area (Å²) >= 11 is 0. The van der Waals surface area contributed by atoms with E-state index in [0.29, 0.717) is 19.5 Å². The molecule has 1 spiro atoms. The number of piperidine rings is 1. The van der Waals surface area contributed by atoms with Gasteiger partial charge >= 0.3 is 0 Å². The van der Waals surface area contributed by atoms with Crippen molar-refractivity contribution in [3.8, 4) is 0 Å². The number of nitrogens with zero attached hydrogens (tertiary/aromatic N) is 3. The van der Waals surface area contributed by atoms with E-state index in [1.165, 1.54) is 6.33 Å². The second-order valence-electron chi connectivity index (χ2n) is 10.4. The van der Waals surface area contributed by atoms with Gasteiger partial charge in [0.1, 0.15) is 23.9 Å². The van der Waals surface area contributed by atoms with Gasteiger partial charge in [0.25, 0.3) is 5.91 Å². The van der Waals surface area contributed by atoms with Crippen molar-refractivity contribution in [1.82, 2.24) is 25.6 Å². The molecule has 0 unspecified atom stereocenters. The summed E-state index contributed by atoms with van der Waals surface area (Å²) in [7, 11) is 0. The van der Waals surface area contributed by atoms with Crippen molar-refractivity contribution in [1.29, 1.82) is 0 Å². The summed E-state index contributed by atoms with van der Waals surface area (Å²) in [6, 6.07) is 1.94. The highest BCUT2D eigenvalue weighted by atomic mass is 19.3. The Morgan fingerprint density at radius 2 is 2.03 bits per heavy atom. The normalized spacial score (nSPS) is 24.6. The lowest BCUT2D eigenvalue weighted by atomic mass is 9.66. The van der Waals surface area contributed by atoms with Crippen molar-refractivity contribution in [2.24, 2.45) is 16.7 Å². The van der Waals surface area contributed by atoms with Crippen molar-refractivity contribution in [3.05, 3.63) is 18.6 Å². The Labute approximate surface area is 200 Å². The monoisotopic (exact) mass is 492 g/mol. The Balaban J connectivity index is 1.12. The molecule has 3 aliphatic rings. The fourth-order valence-corrected chi connectivity index (χ4v) is 5.67. The van der Waals surface area contributed by atoms with Crippen molar-refractivity contribution in [3.63, 3.8) is 0 Å². The highest BCUT2D eigenvalue weighted by Crippen LogP contribution is 2.56. The van der Waals surface area contributed by atoms with Gasteiger partial charge in [0, 0.05) is 50.0 Å². The molecule has 2 atom stereocenters. The van der Waals surface area contributed by atoms with Gasteiger partial charge in [0.05, 0.1) is 18.5 Å². The number of aliphatic hydroxyl groups excluding tert-OH is 2. The van der Waals surface area contributed by atoms with E-state index in [0.717, 1.165) is 29.7 Å². The topological polar surface area (TPSA) is 143 Å². The molecule has 2 aliphatic carbocycles. The SMILES string of the molecule is O=C(NCC1(CO)CC(F)(F)C1)[C@H](O)CNC(=O)[C@H]1CCN(c2ncnc3[nH]ccc23)CC12CC2. The third kappa shape index (κ3) is 4.56. The molecule has 3 fully saturated rings. The number of hydrogen-bond acceptors (Lipinski definition) is 7. The first-order valence-electron chi connectivity index (χ1n) is 11.9. The van der Waals surface area contributed by atoms with Crippen molar-refractivity contribution in [2.75, 3.05) is 37.7 Å². The number of rotatable bonds is 8. The van der Waals surface area contributed by atoms with E-state index in [-0.39, 0.29) is 30.3 Å². The Hall–Kier alpha value is -2.86. The summed E-state index contributed by atoms with van der Waals surface area (Å²) in [5.74, 6) is -3.18. The molecule has 0 radical (unpaired) electrons. The predicted molar refractivity (Wildman–Crippen MR) is 122 cm³/mol. The molecule has 2 aromatic heterocycles. The molecule has 10 nitrogen and oxygen atoms in total. The molecule has 5 rings (SSSR count). The van der Waals surface area contributed by atoms with Crippen molar-refractivity contribution in [2.45, 2.75) is 44.1 Å². The molecular weight excluding hydrogens is 462 g/mol. The quantitative estimate of drug-likeness (QED) is 0.362. The first-order valence-corrected chi connectivity index (χ1v) is 11.9. The van der Waals surface area contributed by atoms with E-state index in [9.17, 15) is 28.6 Å². The number of alkyl halides is 2. The number of nitrogens with one attached hydrogen (secondary N) is 3. The second kappa shape index (κ2) is 8.66. The van der Waals surface area contributed by atoms with E-state index in [2.05, 4.69) is 30.5 Å². The Bertz CT molecular complexity index is 1110. The van der Waals surface area contributed by atoms with Gasteiger partial charge in [-0.25, -0.2) is 18.7 Å². The minimum Gasteiger partial charge on any atom is -0.396 e. The largest absolute Gasteiger partial charge is 0.396 e. The van der Waals surface area contributed by atoms with Gasteiger partial charge < -0.3 is 30.7 Å².